The van der Waals surface area contributed by atoms with Crippen LogP contribution in [-0.2, 0) is 11.3 Å². The molecule has 1 fully saturated rings. The van der Waals surface area contributed by atoms with Gasteiger partial charge in [-0.15, -0.1) is 11.3 Å². The van der Waals surface area contributed by atoms with Gasteiger partial charge in [-0.25, -0.2) is 8.78 Å². The Kier molecular flexibility index (Phi) is 3.08. The zero-order valence-electron chi connectivity index (χ0n) is 10.5. The van der Waals surface area contributed by atoms with Crippen LogP contribution in [0.4, 0.5) is 8.78 Å². The molecule has 1 N–H and O–H groups in total. The molecule has 1 atom stereocenters. The first-order valence-electron chi connectivity index (χ1n) is 6.17. The number of alkyl halides is 2. The normalized spacial score (nSPS) is 22.4. The van der Waals surface area contributed by atoms with Gasteiger partial charge in [0.2, 0.25) is 5.91 Å². The molecule has 4 nitrogen and oxygen atoms in total. The number of carbonyl (C=O) groups is 2. The Morgan fingerprint density at radius 1 is 1.45 bits per heavy atom. The summed E-state index contributed by atoms with van der Waals surface area (Å²) in [4.78, 5) is 25.5. The molecule has 3 rings (SSSR count). The summed E-state index contributed by atoms with van der Waals surface area (Å²) in [6.07, 6.45) is -1.51. The van der Waals surface area contributed by atoms with Crippen molar-refractivity contribution in [1.82, 2.24) is 10.2 Å². The van der Waals surface area contributed by atoms with Crippen LogP contribution >= 0.6 is 11.3 Å². The minimum Gasteiger partial charge on any atom is -0.329 e. The molecule has 0 saturated carbocycles. The van der Waals surface area contributed by atoms with Crippen LogP contribution in [0, 0.1) is 0 Å². The zero-order chi connectivity index (χ0) is 14.4. The van der Waals surface area contributed by atoms with Crippen molar-refractivity contribution in [1.29, 1.82) is 0 Å². The van der Waals surface area contributed by atoms with Crippen molar-refractivity contribution in [3.05, 3.63) is 33.7 Å². The molecule has 3 heterocycles. The SMILES string of the molecule is C=C1CCC(N2Cc3c(csc3C(F)F)C2=O)C(=O)N1. The summed E-state index contributed by atoms with van der Waals surface area (Å²) in [6.45, 7) is 3.76. The lowest BCUT2D eigenvalue weighted by Gasteiger charge is -2.31. The highest BCUT2D eigenvalue weighted by Crippen LogP contribution is 2.38. The first-order valence-corrected chi connectivity index (χ1v) is 7.05. The molecule has 2 amide bonds. The van der Waals surface area contributed by atoms with Crippen molar-refractivity contribution in [3.8, 4) is 0 Å². The predicted octanol–water partition coefficient (Wildman–Crippen LogP) is 2.43. The van der Waals surface area contributed by atoms with Gasteiger partial charge >= 0.3 is 0 Å². The number of piperidine rings is 1. The highest BCUT2D eigenvalue weighted by molar-refractivity contribution is 7.10. The number of rotatable bonds is 2. The number of halogens is 2. The lowest BCUT2D eigenvalue weighted by molar-refractivity contribution is -0.126. The van der Waals surface area contributed by atoms with E-state index < -0.39 is 12.5 Å². The molecule has 2 aliphatic rings. The van der Waals surface area contributed by atoms with E-state index in [0.717, 1.165) is 11.3 Å². The number of thiophene rings is 1. The van der Waals surface area contributed by atoms with E-state index in [9.17, 15) is 18.4 Å². The second-order valence-corrected chi connectivity index (χ2v) is 5.78. The largest absolute Gasteiger partial charge is 0.329 e. The number of carbonyl (C=O) groups excluding carboxylic acids is 2. The van der Waals surface area contributed by atoms with Gasteiger partial charge in [-0.1, -0.05) is 6.58 Å². The minimum atomic E-state index is -2.59. The van der Waals surface area contributed by atoms with Crippen molar-refractivity contribution in [2.24, 2.45) is 0 Å². The number of allylic oxidation sites excluding steroid dienone is 1. The topological polar surface area (TPSA) is 49.4 Å². The van der Waals surface area contributed by atoms with Crippen LogP contribution in [0.3, 0.4) is 0 Å². The third-order valence-electron chi connectivity index (χ3n) is 3.64. The fourth-order valence-electron chi connectivity index (χ4n) is 2.63. The van der Waals surface area contributed by atoms with E-state index in [1.54, 1.807) is 0 Å². The number of nitrogens with zero attached hydrogens (tertiary/aromatic N) is 1. The molecule has 1 aromatic heterocycles. The maximum Gasteiger partial charge on any atom is 0.273 e. The van der Waals surface area contributed by atoms with Crippen LogP contribution in [0.25, 0.3) is 0 Å². The van der Waals surface area contributed by atoms with Crippen LogP contribution in [0.5, 0.6) is 0 Å². The van der Waals surface area contributed by atoms with E-state index in [0.29, 0.717) is 29.7 Å². The summed E-state index contributed by atoms with van der Waals surface area (Å²) in [5.74, 6) is -0.627. The van der Waals surface area contributed by atoms with Crippen molar-refractivity contribution in [2.75, 3.05) is 0 Å². The third kappa shape index (κ3) is 1.93. The van der Waals surface area contributed by atoms with E-state index in [-0.39, 0.29) is 23.2 Å². The maximum absolute atomic E-state index is 12.9. The molecule has 0 spiro atoms. The molecule has 1 aromatic rings. The quantitative estimate of drug-likeness (QED) is 0.911. The highest BCUT2D eigenvalue weighted by atomic mass is 32.1. The number of amides is 2. The van der Waals surface area contributed by atoms with Gasteiger partial charge in [-0.05, 0) is 12.8 Å². The minimum absolute atomic E-state index is 0.0727. The number of hydrogen-bond acceptors (Lipinski definition) is 3. The van der Waals surface area contributed by atoms with Gasteiger partial charge in [-0.3, -0.25) is 9.59 Å². The molecule has 7 heteroatoms. The molecule has 106 valence electrons. The second-order valence-electron chi connectivity index (χ2n) is 4.87. The van der Waals surface area contributed by atoms with Crippen LogP contribution < -0.4 is 5.32 Å². The van der Waals surface area contributed by atoms with Gasteiger partial charge in [0, 0.05) is 23.2 Å². The standard InChI is InChI=1S/C13H12F2N2O2S/c1-6-2-3-9(12(18)16-6)17-4-7-8(13(17)19)5-20-10(7)11(14)15/h5,9,11H,1-4H2,(H,16,18). The molecule has 0 radical (unpaired) electrons. The second kappa shape index (κ2) is 4.66. The molecule has 0 aliphatic carbocycles. The molecule has 0 aromatic carbocycles. The molecule has 0 bridgehead atoms. The monoisotopic (exact) mass is 298 g/mol. The van der Waals surface area contributed by atoms with Crippen molar-refractivity contribution < 1.29 is 18.4 Å². The lowest BCUT2D eigenvalue weighted by Crippen LogP contribution is -2.49. The Morgan fingerprint density at radius 3 is 2.85 bits per heavy atom. The Morgan fingerprint density at radius 2 is 2.20 bits per heavy atom. The molecular formula is C13H12F2N2O2S. The Hall–Kier alpha value is -1.76. The van der Waals surface area contributed by atoms with Crippen LogP contribution in [0.1, 0.15) is 40.1 Å². The van der Waals surface area contributed by atoms with E-state index in [2.05, 4.69) is 11.9 Å². The van der Waals surface area contributed by atoms with Crippen LogP contribution in [-0.4, -0.2) is 22.8 Å². The third-order valence-corrected chi connectivity index (χ3v) is 4.67. The van der Waals surface area contributed by atoms with Crippen LogP contribution in [0.15, 0.2) is 17.7 Å². The summed E-state index contributed by atoms with van der Waals surface area (Å²) in [5, 5.41) is 4.07. The molecule has 2 aliphatic heterocycles. The summed E-state index contributed by atoms with van der Waals surface area (Å²) >= 11 is 0.902. The van der Waals surface area contributed by atoms with Gasteiger partial charge in [-0.2, -0.15) is 0 Å². The average molecular weight is 298 g/mol. The molecule has 1 unspecified atom stereocenters. The Labute approximate surface area is 118 Å². The van der Waals surface area contributed by atoms with Gasteiger partial charge in [0.15, 0.2) is 0 Å². The van der Waals surface area contributed by atoms with Crippen LogP contribution in [0.2, 0.25) is 0 Å². The molecular weight excluding hydrogens is 286 g/mol. The van der Waals surface area contributed by atoms with E-state index >= 15 is 0 Å². The first kappa shape index (κ1) is 13.2. The first-order chi connectivity index (χ1) is 9.49. The van der Waals surface area contributed by atoms with Gasteiger partial charge in [0.25, 0.3) is 12.3 Å². The molecule has 20 heavy (non-hydrogen) atoms. The van der Waals surface area contributed by atoms with Crippen molar-refractivity contribution in [2.45, 2.75) is 31.9 Å². The van der Waals surface area contributed by atoms with Crippen molar-refractivity contribution >= 4 is 23.2 Å². The fraction of sp³-hybridized carbons (Fsp3) is 0.385. The smallest absolute Gasteiger partial charge is 0.273 e. The van der Waals surface area contributed by atoms with Gasteiger partial charge < -0.3 is 10.2 Å². The summed E-state index contributed by atoms with van der Waals surface area (Å²) in [6, 6.07) is -0.601. The fourth-order valence-corrected chi connectivity index (χ4v) is 3.54. The zero-order valence-corrected chi connectivity index (χ0v) is 11.3. The summed E-state index contributed by atoms with van der Waals surface area (Å²) in [5.41, 5.74) is 1.30. The lowest BCUT2D eigenvalue weighted by atomic mass is 10.0. The Bertz CT molecular complexity index is 612. The molecule has 1 saturated heterocycles. The number of nitrogens with one attached hydrogen (secondary N) is 1. The predicted molar refractivity (Wildman–Crippen MR) is 69.5 cm³/mol. The van der Waals surface area contributed by atoms with Crippen molar-refractivity contribution in [3.63, 3.8) is 0 Å². The van der Waals surface area contributed by atoms with E-state index in [4.69, 9.17) is 0 Å². The highest BCUT2D eigenvalue weighted by Gasteiger charge is 2.40. The average Bonchev–Trinajstić information content (AvgIpc) is 2.91. The number of fused-ring (bicyclic) bond motifs is 1. The van der Waals surface area contributed by atoms with Gasteiger partial charge in [0.1, 0.15) is 6.04 Å². The van der Waals surface area contributed by atoms with E-state index in [1.165, 1.54) is 10.3 Å². The van der Waals surface area contributed by atoms with E-state index in [1.807, 2.05) is 0 Å². The summed E-state index contributed by atoms with van der Waals surface area (Å²) in [7, 11) is 0. The van der Waals surface area contributed by atoms with Gasteiger partial charge in [0.05, 0.1) is 10.4 Å². The summed E-state index contributed by atoms with van der Waals surface area (Å²) < 4.78 is 25.7. The number of hydrogen-bond donors (Lipinski definition) is 1. The Balaban J connectivity index is 1.86. The maximum atomic E-state index is 12.9.